The van der Waals surface area contributed by atoms with E-state index in [0.29, 0.717) is 12.8 Å². The van der Waals surface area contributed by atoms with Crippen LogP contribution in [0.2, 0.25) is 0 Å². The van der Waals surface area contributed by atoms with Gasteiger partial charge < -0.3 is 5.11 Å². The number of unbranched alkanes of at least 4 members (excludes halogenated alkanes) is 3. The molecule has 0 aliphatic carbocycles. The second-order valence-electron chi connectivity index (χ2n) is 5.20. The van der Waals surface area contributed by atoms with Gasteiger partial charge in [-0.15, -0.1) is 0 Å². The largest absolute Gasteiger partial charge is 0.481 e. The van der Waals surface area contributed by atoms with Crippen molar-refractivity contribution in [2.24, 2.45) is 17.8 Å². The van der Waals surface area contributed by atoms with Gasteiger partial charge in [-0.05, 0) is 12.3 Å². The Kier molecular flexibility index (Phi) is 7.53. The third kappa shape index (κ3) is 6.56. The van der Waals surface area contributed by atoms with Crippen LogP contribution < -0.4 is 0 Å². The highest BCUT2D eigenvalue weighted by Gasteiger charge is 2.61. The van der Waals surface area contributed by atoms with Crippen molar-refractivity contribution in [1.82, 2.24) is 0 Å². The Bertz CT molecular complexity index is 310. The molecule has 0 aromatic rings. The zero-order valence-electron chi connectivity index (χ0n) is 11.9. The minimum absolute atomic E-state index is 0.152. The monoisotopic (exact) mass is 322 g/mol. The molecular weight excluding hydrogens is 302 g/mol. The molecule has 0 fully saturated rings. The standard InChI is InChI=1S/C13H20F6O2/c1-3-4-5-6-7-9(8(2)11(20)21)10(12(14,15)16)13(17,18)19/h8-10H,3-7H2,1-2H3,(H,20,21). The van der Waals surface area contributed by atoms with E-state index in [2.05, 4.69) is 0 Å². The van der Waals surface area contributed by atoms with Crippen LogP contribution in [-0.4, -0.2) is 23.4 Å². The Balaban J connectivity index is 5.26. The molecule has 8 heteroatoms. The summed E-state index contributed by atoms with van der Waals surface area (Å²) in [4.78, 5) is 10.9. The lowest BCUT2D eigenvalue weighted by atomic mass is 9.78. The van der Waals surface area contributed by atoms with Crippen molar-refractivity contribution in [3.8, 4) is 0 Å². The number of alkyl halides is 6. The Morgan fingerprint density at radius 3 is 1.81 bits per heavy atom. The molecule has 0 aromatic carbocycles. The summed E-state index contributed by atoms with van der Waals surface area (Å²) in [6.45, 7) is 2.75. The van der Waals surface area contributed by atoms with Gasteiger partial charge >= 0.3 is 18.3 Å². The normalized spacial score (nSPS) is 16.0. The van der Waals surface area contributed by atoms with Gasteiger partial charge in [-0.3, -0.25) is 4.79 Å². The number of hydrogen-bond acceptors (Lipinski definition) is 1. The Morgan fingerprint density at radius 2 is 1.48 bits per heavy atom. The minimum atomic E-state index is -5.50. The molecule has 0 bridgehead atoms. The van der Waals surface area contributed by atoms with Gasteiger partial charge in [0.05, 0.1) is 5.92 Å². The van der Waals surface area contributed by atoms with E-state index in [1.165, 1.54) is 0 Å². The Hall–Kier alpha value is -0.950. The average Bonchev–Trinajstić information content (AvgIpc) is 2.28. The number of carboxylic acid groups (broad SMARTS) is 1. The maximum atomic E-state index is 12.8. The Labute approximate surface area is 119 Å². The molecule has 1 N–H and O–H groups in total. The molecule has 2 nitrogen and oxygen atoms in total. The van der Waals surface area contributed by atoms with Crippen molar-refractivity contribution in [2.75, 3.05) is 0 Å². The molecule has 2 atom stereocenters. The smallest absolute Gasteiger partial charge is 0.400 e. The molecule has 0 aliphatic heterocycles. The van der Waals surface area contributed by atoms with E-state index in [0.717, 1.165) is 13.3 Å². The molecule has 0 rings (SSSR count). The van der Waals surface area contributed by atoms with Crippen LogP contribution in [0.4, 0.5) is 26.3 Å². The summed E-state index contributed by atoms with van der Waals surface area (Å²) in [5.41, 5.74) is 0. The average molecular weight is 322 g/mol. The fourth-order valence-electron chi connectivity index (χ4n) is 2.37. The number of rotatable bonds is 8. The van der Waals surface area contributed by atoms with Crippen LogP contribution in [0.1, 0.15) is 46.0 Å². The summed E-state index contributed by atoms with van der Waals surface area (Å²) < 4.78 is 76.5. The van der Waals surface area contributed by atoms with E-state index < -0.39 is 42.5 Å². The number of carboxylic acids is 1. The predicted molar refractivity (Wildman–Crippen MR) is 64.6 cm³/mol. The van der Waals surface area contributed by atoms with Crippen molar-refractivity contribution in [3.63, 3.8) is 0 Å². The molecule has 0 saturated carbocycles. The van der Waals surface area contributed by atoms with Crippen molar-refractivity contribution >= 4 is 5.97 Å². The van der Waals surface area contributed by atoms with Crippen LogP contribution in [-0.2, 0) is 4.79 Å². The van der Waals surface area contributed by atoms with E-state index in [-0.39, 0.29) is 6.42 Å². The van der Waals surface area contributed by atoms with Crippen molar-refractivity contribution in [2.45, 2.75) is 58.3 Å². The summed E-state index contributed by atoms with van der Waals surface area (Å²) >= 11 is 0. The van der Waals surface area contributed by atoms with E-state index in [9.17, 15) is 31.1 Å². The van der Waals surface area contributed by atoms with Gasteiger partial charge in [0.25, 0.3) is 0 Å². The van der Waals surface area contributed by atoms with Gasteiger partial charge in [0, 0.05) is 0 Å². The van der Waals surface area contributed by atoms with Crippen LogP contribution in [0, 0.1) is 17.8 Å². The molecule has 0 aromatic heterocycles. The second-order valence-corrected chi connectivity index (χ2v) is 5.20. The van der Waals surface area contributed by atoms with Crippen LogP contribution in [0.15, 0.2) is 0 Å². The number of carbonyl (C=O) groups is 1. The quantitative estimate of drug-likeness (QED) is 0.502. The molecular formula is C13H20F6O2. The highest BCUT2D eigenvalue weighted by atomic mass is 19.4. The summed E-state index contributed by atoms with van der Waals surface area (Å²) in [6, 6.07) is 0. The van der Waals surface area contributed by atoms with Gasteiger partial charge in [-0.2, -0.15) is 26.3 Å². The van der Waals surface area contributed by atoms with Crippen LogP contribution in [0.25, 0.3) is 0 Å². The highest BCUT2D eigenvalue weighted by Crippen LogP contribution is 2.47. The lowest BCUT2D eigenvalue weighted by Gasteiger charge is -2.33. The van der Waals surface area contributed by atoms with E-state index in [1.807, 2.05) is 6.92 Å². The lowest BCUT2D eigenvalue weighted by Crippen LogP contribution is -2.45. The molecule has 0 aliphatic rings. The molecule has 0 heterocycles. The topological polar surface area (TPSA) is 37.3 Å². The van der Waals surface area contributed by atoms with Crippen LogP contribution in [0.5, 0.6) is 0 Å². The fraction of sp³-hybridized carbons (Fsp3) is 0.923. The third-order valence-corrected chi connectivity index (χ3v) is 3.56. The second kappa shape index (κ2) is 7.89. The first-order valence-electron chi connectivity index (χ1n) is 6.79. The first kappa shape index (κ1) is 20.1. The molecule has 0 spiro atoms. The summed E-state index contributed by atoms with van der Waals surface area (Å²) in [5.74, 6) is -8.95. The van der Waals surface area contributed by atoms with Gasteiger partial charge in [0.15, 0.2) is 5.92 Å². The van der Waals surface area contributed by atoms with E-state index >= 15 is 0 Å². The third-order valence-electron chi connectivity index (χ3n) is 3.56. The minimum Gasteiger partial charge on any atom is -0.481 e. The van der Waals surface area contributed by atoms with Crippen LogP contribution in [0.3, 0.4) is 0 Å². The molecule has 21 heavy (non-hydrogen) atoms. The SMILES string of the molecule is CCCCCCC(C(C)C(=O)O)C(C(F)(F)F)C(F)(F)F. The number of aliphatic carboxylic acids is 1. The van der Waals surface area contributed by atoms with Gasteiger partial charge in [-0.25, -0.2) is 0 Å². The summed E-state index contributed by atoms with van der Waals surface area (Å²) in [7, 11) is 0. The maximum Gasteiger partial charge on any atom is 0.400 e. The van der Waals surface area contributed by atoms with Crippen molar-refractivity contribution < 1.29 is 36.2 Å². The molecule has 2 unspecified atom stereocenters. The number of halogens is 6. The van der Waals surface area contributed by atoms with Crippen molar-refractivity contribution in [3.05, 3.63) is 0 Å². The first-order valence-corrected chi connectivity index (χ1v) is 6.79. The van der Waals surface area contributed by atoms with Crippen molar-refractivity contribution in [1.29, 1.82) is 0 Å². The van der Waals surface area contributed by atoms with E-state index in [4.69, 9.17) is 5.11 Å². The fourth-order valence-corrected chi connectivity index (χ4v) is 2.37. The Morgan fingerprint density at radius 1 is 1.00 bits per heavy atom. The molecule has 0 radical (unpaired) electrons. The number of hydrogen-bond donors (Lipinski definition) is 1. The highest BCUT2D eigenvalue weighted by molar-refractivity contribution is 5.69. The maximum absolute atomic E-state index is 12.8. The van der Waals surface area contributed by atoms with E-state index in [1.54, 1.807) is 0 Å². The first-order chi connectivity index (χ1) is 9.42. The molecule has 126 valence electrons. The van der Waals surface area contributed by atoms with Crippen LogP contribution >= 0.6 is 0 Å². The molecule has 0 amide bonds. The summed E-state index contributed by atoms with van der Waals surface area (Å²) in [5, 5.41) is 8.80. The summed E-state index contributed by atoms with van der Waals surface area (Å²) in [6.07, 6.45) is -9.30. The van der Waals surface area contributed by atoms with Gasteiger partial charge in [-0.1, -0.05) is 39.5 Å². The van der Waals surface area contributed by atoms with Gasteiger partial charge in [0.1, 0.15) is 0 Å². The lowest BCUT2D eigenvalue weighted by molar-refractivity contribution is -0.302. The zero-order valence-corrected chi connectivity index (χ0v) is 11.9. The molecule has 0 saturated heterocycles. The predicted octanol–water partition coefficient (Wildman–Crippen LogP) is 5.03. The zero-order chi connectivity index (χ0) is 16.8. The van der Waals surface area contributed by atoms with Gasteiger partial charge in [0.2, 0.25) is 0 Å².